The quantitative estimate of drug-likeness (QED) is 0.817. The largest absolute Gasteiger partial charge is 0.344 e. The number of aryl methyl sites for hydroxylation is 1. The first-order valence-corrected chi connectivity index (χ1v) is 7.80. The summed E-state index contributed by atoms with van der Waals surface area (Å²) >= 11 is 0. The molecule has 0 saturated carbocycles. The van der Waals surface area contributed by atoms with Crippen molar-refractivity contribution in [2.75, 3.05) is 18.5 Å². The van der Waals surface area contributed by atoms with Crippen molar-refractivity contribution >= 4 is 11.4 Å². The van der Waals surface area contributed by atoms with Gasteiger partial charge in [-0.3, -0.25) is 0 Å². The van der Waals surface area contributed by atoms with Crippen LogP contribution in [0.5, 0.6) is 0 Å². The predicted octanol–water partition coefficient (Wildman–Crippen LogP) is 4.82. The van der Waals surface area contributed by atoms with Gasteiger partial charge in [-0.15, -0.1) is 0 Å². The van der Waals surface area contributed by atoms with Crippen LogP contribution in [0.2, 0.25) is 0 Å². The first-order valence-electron chi connectivity index (χ1n) is 7.80. The first-order chi connectivity index (χ1) is 10.2. The maximum Gasteiger partial charge on any atom is 0.0437 e. The van der Waals surface area contributed by atoms with Gasteiger partial charge in [0.05, 0.1) is 0 Å². The summed E-state index contributed by atoms with van der Waals surface area (Å²) in [6, 6.07) is 17.8. The van der Waals surface area contributed by atoms with Crippen LogP contribution in [0.1, 0.15) is 37.4 Å². The molecule has 0 heterocycles. The highest BCUT2D eigenvalue weighted by Gasteiger charge is 2.10. The van der Waals surface area contributed by atoms with E-state index in [1.54, 1.807) is 0 Å². The molecule has 0 aliphatic rings. The average Bonchev–Trinajstić information content (AvgIpc) is 2.52. The topological polar surface area (TPSA) is 15.3 Å². The molecular weight excluding hydrogens is 256 g/mol. The van der Waals surface area contributed by atoms with Gasteiger partial charge in [0.15, 0.2) is 0 Å². The third-order valence-corrected chi connectivity index (χ3v) is 4.02. The van der Waals surface area contributed by atoms with Gasteiger partial charge in [0.2, 0.25) is 0 Å². The highest BCUT2D eigenvalue weighted by molar-refractivity contribution is 5.65. The molecule has 0 radical (unpaired) electrons. The molecule has 21 heavy (non-hydrogen) atoms. The Morgan fingerprint density at radius 3 is 2.24 bits per heavy atom. The molecule has 0 aliphatic carbocycles. The monoisotopic (exact) mass is 282 g/mol. The molecule has 1 atom stereocenters. The third kappa shape index (κ3) is 3.64. The van der Waals surface area contributed by atoms with Crippen LogP contribution in [0, 0.1) is 6.92 Å². The van der Waals surface area contributed by atoms with Crippen LogP contribution in [-0.4, -0.2) is 13.6 Å². The lowest BCUT2D eigenvalue weighted by Gasteiger charge is -2.23. The zero-order valence-corrected chi connectivity index (χ0v) is 13.6. The number of nitrogens with zero attached hydrogens (tertiary/aromatic N) is 1. The summed E-state index contributed by atoms with van der Waals surface area (Å²) < 4.78 is 0. The van der Waals surface area contributed by atoms with Crippen molar-refractivity contribution in [1.82, 2.24) is 5.32 Å². The summed E-state index contributed by atoms with van der Waals surface area (Å²) in [6.07, 6.45) is 1.11. The number of nitrogens with one attached hydrogen (secondary N) is 1. The van der Waals surface area contributed by atoms with Gasteiger partial charge in [-0.05, 0) is 49.2 Å². The molecule has 0 fully saturated rings. The second-order valence-electron chi connectivity index (χ2n) is 5.46. The van der Waals surface area contributed by atoms with E-state index in [-0.39, 0.29) is 0 Å². The van der Waals surface area contributed by atoms with Crippen molar-refractivity contribution in [1.29, 1.82) is 0 Å². The minimum absolute atomic E-state index is 0.452. The fourth-order valence-corrected chi connectivity index (χ4v) is 2.75. The van der Waals surface area contributed by atoms with Gasteiger partial charge >= 0.3 is 0 Å². The minimum Gasteiger partial charge on any atom is -0.344 e. The second-order valence-corrected chi connectivity index (χ2v) is 5.46. The fourth-order valence-electron chi connectivity index (χ4n) is 2.75. The number of hydrogen-bond donors (Lipinski definition) is 1. The van der Waals surface area contributed by atoms with Crippen molar-refractivity contribution in [2.45, 2.75) is 33.2 Å². The van der Waals surface area contributed by atoms with Crippen LogP contribution in [0.15, 0.2) is 48.5 Å². The lowest BCUT2D eigenvalue weighted by molar-refractivity contribution is 0.537. The summed E-state index contributed by atoms with van der Waals surface area (Å²) in [6.45, 7) is 7.53. The number of rotatable bonds is 6. The van der Waals surface area contributed by atoms with E-state index in [1.807, 2.05) is 0 Å². The Kier molecular flexibility index (Phi) is 5.40. The molecule has 112 valence electrons. The molecule has 2 aromatic carbocycles. The SMILES string of the molecule is CCNC(CC)c1ccc(N(C)c2ccccc2C)cc1. The molecule has 0 spiro atoms. The molecule has 0 aromatic heterocycles. The van der Waals surface area contributed by atoms with Crippen LogP contribution in [0.3, 0.4) is 0 Å². The fraction of sp³-hybridized carbons (Fsp3) is 0.368. The Bertz CT molecular complexity index is 560. The Labute approximate surface area is 128 Å². The molecule has 1 unspecified atom stereocenters. The van der Waals surface area contributed by atoms with E-state index < -0.39 is 0 Å². The summed E-state index contributed by atoms with van der Waals surface area (Å²) in [5.41, 5.74) is 5.13. The summed E-state index contributed by atoms with van der Waals surface area (Å²) in [5.74, 6) is 0. The van der Waals surface area contributed by atoms with E-state index in [1.165, 1.54) is 22.5 Å². The number of benzene rings is 2. The first kappa shape index (κ1) is 15.6. The summed E-state index contributed by atoms with van der Waals surface area (Å²) in [5, 5.41) is 3.52. The molecule has 0 bridgehead atoms. The standard InChI is InChI=1S/C19H26N2/c1-5-18(20-6-2)16-11-13-17(14-12-16)21(4)19-10-8-7-9-15(19)3/h7-14,18,20H,5-6H2,1-4H3. The van der Waals surface area contributed by atoms with Gasteiger partial charge in [-0.2, -0.15) is 0 Å². The molecule has 2 heteroatoms. The van der Waals surface area contributed by atoms with Crippen molar-refractivity contribution in [3.05, 3.63) is 59.7 Å². The Morgan fingerprint density at radius 2 is 1.67 bits per heavy atom. The highest BCUT2D eigenvalue weighted by atomic mass is 15.1. The van der Waals surface area contributed by atoms with Crippen LogP contribution in [-0.2, 0) is 0 Å². The second kappa shape index (κ2) is 7.28. The summed E-state index contributed by atoms with van der Waals surface area (Å²) in [7, 11) is 2.12. The maximum absolute atomic E-state index is 3.52. The minimum atomic E-state index is 0.452. The third-order valence-electron chi connectivity index (χ3n) is 4.02. The molecular formula is C19H26N2. The highest BCUT2D eigenvalue weighted by Crippen LogP contribution is 2.28. The molecule has 2 nitrogen and oxygen atoms in total. The van der Waals surface area contributed by atoms with E-state index in [4.69, 9.17) is 0 Å². The average molecular weight is 282 g/mol. The number of hydrogen-bond acceptors (Lipinski definition) is 2. The van der Waals surface area contributed by atoms with Crippen molar-refractivity contribution < 1.29 is 0 Å². The van der Waals surface area contributed by atoms with E-state index in [0.29, 0.717) is 6.04 Å². The van der Waals surface area contributed by atoms with E-state index in [0.717, 1.165) is 13.0 Å². The van der Waals surface area contributed by atoms with Crippen molar-refractivity contribution in [3.8, 4) is 0 Å². The molecule has 2 aromatic rings. The number of anilines is 2. The van der Waals surface area contributed by atoms with Gasteiger partial charge in [-0.25, -0.2) is 0 Å². The molecule has 0 saturated heterocycles. The van der Waals surface area contributed by atoms with Gasteiger partial charge in [0.1, 0.15) is 0 Å². The Morgan fingerprint density at radius 1 is 1.00 bits per heavy atom. The lowest BCUT2D eigenvalue weighted by Crippen LogP contribution is -2.20. The maximum atomic E-state index is 3.52. The van der Waals surface area contributed by atoms with Gasteiger partial charge in [0, 0.05) is 24.5 Å². The van der Waals surface area contributed by atoms with Crippen molar-refractivity contribution in [2.24, 2.45) is 0 Å². The Balaban J connectivity index is 2.20. The van der Waals surface area contributed by atoms with Gasteiger partial charge in [-0.1, -0.05) is 44.2 Å². The van der Waals surface area contributed by atoms with Crippen LogP contribution < -0.4 is 10.2 Å². The zero-order chi connectivity index (χ0) is 15.2. The molecule has 0 amide bonds. The van der Waals surface area contributed by atoms with Gasteiger partial charge < -0.3 is 10.2 Å². The lowest BCUT2D eigenvalue weighted by atomic mass is 10.0. The van der Waals surface area contributed by atoms with Crippen molar-refractivity contribution in [3.63, 3.8) is 0 Å². The zero-order valence-electron chi connectivity index (χ0n) is 13.6. The van der Waals surface area contributed by atoms with E-state index in [2.05, 4.69) is 86.6 Å². The molecule has 0 aliphatic heterocycles. The predicted molar refractivity (Wildman–Crippen MR) is 92.4 cm³/mol. The normalized spacial score (nSPS) is 12.2. The van der Waals surface area contributed by atoms with E-state index >= 15 is 0 Å². The van der Waals surface area contributed by atoms with Crippen LogP contribution >= 0.6 is 0 Å². The van der Waals surface area contributed by atoms with Gasteiger partial charge in [0.25, 0.3) is 0 Å². The van der Waals surface area contributed by atoms with Crippen LogP contribution in [0.4, 0.5) is 11.4 Å². The van der Waals surface area contributed by atoms with Crippen LogP contribution in [0.25, 0.3) is 0 Å². The smallest absolute Gasteiger partial charge is 0.0437 e. The van der Waals surface area contributed by atoms with E-state index in [9.17, 15) is 0 Å². The number of para-hydroxylation sites is 1. The molecule has 2 rings (SSSR count). The summed E-state index contributed by atoms with van der Waals surface area (Å²) in [4.78, 5) is 2.24. The molecule has 1 N–H and O–H groups in total. The Hall–Kier alpha value is -1.80.